The zero-order valence-corrected chi connectivity index (χ0v) is 9.31. The standard InChI is InChI=1S/C12H25N/c1-3-5-7-11(4-2)10-12(13)8-6-9-12/h11H,3-10,13H2,1-2H3. The Hall–Kier alpha value is -0.0400. The molecule has 0 aliphatic heterocycles. The summed E-state index contributed by atoms with van der Waals surface area (Å²) in [6, 6.07) is 0. The molecule has 0 spiro atoms. The van der Waals surface area contributed by atoms with Gasteiger partial charge in [0.25, 0.3) is 0 Å². The van der Waals surface area contributed by atoms with Crippen LogP contribution in [0.25, 0.3) is 0 Å². The maximum absolute atomic E-state index is 6.25. The van der Waals surface area contributed by atoms with Gasteiger partial charge in [0.2, 0.25) is 0 Å². The molecule has 0 bridgehead atoms. The molecule has 1 aliphatic carbocycles. The van der Waals surface area contributed by atoms with E-state index < -0.39 is 0 Å². The largest absolute Gasteiger partial charge is 0.325 e. The second kappa shape index (κ2) is 4.99. The Bertz CT molecular complexity index is 138. The summed E-state index contributed by atoms with van der Waals surface area (Å²) in [5.74, 6) is 0.894. The highest BCUT2D eigenvalue weighted by atomic mass is 14.8. The van der Waals surface area contributed by atoms with Crippen LogP contribution in [0, 0.1) is 5.92 Å². The molecule has 1 heteroatoms. The maximum Gasteiger partial charge on any atom is 0.0157 e. The number of hydrogen-bond donors (Lipinski definition) is 1. The quantitative estimate of drug-likeness (QED) is 0.670. The Labute approximate surface area is 83.1 Å². The molecule has 0 radical (unpaired) electrons. The van der Waals surface area contributed by atoms with Crippen LogP contribution in [0.5, 0.6) is 0 Å². The van der Waals surface area contributed by atoms with Crippen LogP contribution in [0.3, 0.4) is 0 Å². The van der Waals surface area contributed by atoms with Gasteiger partial charge in [-0.3, -0.25) is 0 Å². The van der Waals surface area contributed by atoms with Crippen molar-refractivity contribution in [2.24, 2.45) is 11.7 Å². The molecule has 1 nitrogen and oxygen atoms in total. The third-order valence-corrected chi connectivity index (χ3v) is 3.59. The zero-order chi connectivity index (χ0) is 9.73. The van der Waals surface area contributed by atoms with E-state index in [1.54, 1.807) is 0 Å². The van der Waals surface area contributed by atoms with Crippen molar-refractivity contribution in [1.29, 1.82) is 0 Å². The molecule has 1 aliphatic rings. The molecule has 13 heavy (non-hydrogen) atoms. The Kier molecular flexibility index (Phi) is 4.24. The van der Waals surface area contributed by atoms with Crippen molar-refractivity contribution in [3.8, 4) is 0 Å². The number of rotatable bonds is 6. The molecule has 0 amide bonds. The predicted molar refractivity (Wildman–Crippen MR) is 58.7 cm³/mol. The van der Waals surface area contributed by atoms with Crippen LogP contribution < -0.4 is 5.73 Å². The highest BCUT2D eigenvalue weighted by Gasteiger charge is 2.33. The predicted octanol–water partition coefficient (Wildman–Crippen LogP) is 3.47. The summed E-state index contributed by atoms with van der Waals surface area (Å²) in [6.45, 7) is 4.58. The van der Waals surface area contributed by atoms with Crippen molar-refractivity contribution in [2.75, 3.05) is 0 Å². The lowest BCUT2D eigenvalue weighted by atomic mass is 9.71. The lowest BCUT2D eigenvalue weighted by molar-refractivity contribution is 0.186. The van der Waals surface area contributed by atoms with Gasteiger partial charge in [-0.2, -0.15) is 0 Å². The van der Waals surface area contributed by atoms with E-state index in [2.05, 4.69) is 13.8 Å². The lowest BCUT2D eigenvalue weighted by Crippen LogP contribution is -2.47. The van der Waals surface area contributed by atoms with Gasteiger partial charge in [-0.25, -0.2) is 0 Å². The number of nitrogens with two attached hydrogens (primary N) is 1. The van der Waals surface area contributed by atoms with Gasteiger partial charge in [0.1, 0.15) is 0 Å². The van der Waals surface area contributed by atoms with E-state index in [4.69, 9.17) is 5.73 Å². The van der Waals surface area contributed by atoms with Crippen molar-refractivity contribution in [1.82, 2.24) is 0 Å². The monoisotopic (exact) mass is 183 g/mol. The third-order valence-electron chi connectivity index (χ3n) is 3.59. The second-order valence-electron chi connectivity index (χ2n) is 4.84. The first-order valence-corrected chi connectivity index (χ1v) is 5.99. The smallest absolute Gasteiger partial charge is 0.0157 e. The molecule has 1 fully saturated rings. The first-order chi connectivity index (χ1) is 6.20. The van der Waals surface area contributed by atoms with Crippen LogP contribution in [-0.2, 0) is 0 Å². The minimum atomic E-state index is 0.244. The summed E-state index contributed by atoms with van der Waals surface area (Å²) < 4.78 is 0. The Morgan fingerprint density at radius 3 is 2.38 bits per heavy atom. The fraction of sp³-hybridized carbons (Fsp3) is 1.00. The molecule has 1 atom stereocenters. The maximum atomic E-state index is 6.25. The first kappa shape index (κ1) is 11.0. The summed E-state index contributed by atoms with van der Waals surface area (Å²) in [5.41, 5.74) is 6.50. The van der Waals surface area contributed by atoms with Crippen molar-refractivity contribution >= 4 is 0 Å². The van der Waals surface area contributed by atoms with Gasteiger partial charge in [0.05, 0.1) is 0 Å². The molecule has 0 aromatic carbocycles. The van der Waals surface area contributed by atoms with E-state index in [1.165, 1.54) is 51.4 Å². The van der Waals surface area contributed by atoms with Gasteiger partial charge in [0.15, 0.2) is 0 Å². The molecule has 1 unspecified atom stereocenters. The van der Waals surface area contributed by atoms with E-state index in [0.29, 0.717) is 0 Å². The van der Waals surface area contributed by atoms with Crippen LogP contribution in [0.4, 0.5) is 0 Å². The van der Waals surface area contributed by atoms with Gasteiger partial charge < -0.3 is 5.73 Å². The van der Waals surface area contributed by atoms with E-state index >= 15 is 0 Å². The highest BCUT2D eigenvalue weighted by molar-refractivity contribution is 4.93. The third kappa shape index (κ3) is 3.30. The van der Waals surface area contributed by atoms with E-state index in [0.717, 1.165) is 5.92 Å². The van der Waals surface area contributed by atoms with Crippen molar-refractivity contribution in [3.05, 3.63) is 0 Å². The number of unbranched alkanes of at least 4 members (excludes halogenated alkanes) is 1. The normalized spacial score (nSPS) is 22.4. The fourth-order valence-corrected chi connectivity index (χ4v) is 2.35. The lowest BCUT2D eigenvalue weighted by Gasteiger charge is -2.40. The molecule has 1 rings (SSSR count). The van der Waals surface area contributed by atoms with E-state index in [1.807, 2.05) is 0 Å². The molecule has 2 N–H and O–H groups in total. The molecule has 0 aromatic heterocycles. The summed E-state index contributed by atoms with van der Waals surface area (Å²) >= 11 is 0. The Morgan fingerprint density at radius 1 is 1.31 bits per heavy atom. The Balaban J connectivity index is 2.22. The highest BCUT2D eigenvalue weighted by Crippen LogP contribution is 2.36. The fourth-order valence-electron chi connectivity index (χ4n) is 2.35. The molecule has 0 saturated heterocycles. The van der Waals surface area contributed by atoms with E-state index in [9.17, 15) is 0 Å². The number of hydrogen-bond acceptors (Lipinski definition) is 1. The summed E-state index contributed by atoms with van der Waals surface area (Å²) in [7, 11) is 0. The summed E-state index contributed by atoms with van der Waals surface area (Å²) in [5, 5.41) is 0. The zero-order valence-electron chi connectivity index (χ0n) is 9.31. The van der Waals surface area contributed by atoms with Crippen molar-refractivity contribution in [2.45, 2.75) is 70.8 Å². The topological polar surface area (TPSA) is 26.0 Å². The van der Waals surface area contributed by atoms with Crippen LogP contribution in [0.1, 0.15) is 65.2 Å². The van der Waals surface area contributed by atoms with Gasteiger partial charge in [-0.1, -0.05) is 39.5 Å². The average Bonchev–Trinajstić information content (AvgIpc) is 2.09. The van der Waals surface area contributed by atoms with Crippen LogP contribution in [0.2, 0.25) is 0 Å². The average molecular weight is 183 g/mol. The molecule has 0 heterocycles. The summed E-state index contributed by atoms with van der Waals surface area (Å²) in [4.78, 5) is 0. The first-order valence-electron chi connectivity index (χ1n) is 5.99. The second-order valence-corrected chi connectivity index (χ2v) is 4.84. The Morgan fingerprint density at radius 2 is 2.00 bits per heavy atom. The molecular formula is C12H25N. The molecule has 78 valence electrons. The van der Waals surface area contributed by atoms with Crippen LogP contribution in [0.15, 0.2) is 0 Å². The van der Waals surface area contributed by atoms with Crippen LogP contribution >= 0.6 is 0 Å². The molecular weight excluding hydrogens is 158 g/mol. The van der Waals surface area contributed by atoms with Crippen molar-refractivity contribution in [3.63, 3.8) is 0 Å². The van der Waals surface area contributed by atoms with Gasteiger partial charge in [-0.15, -0.1) is 0 Å². The minimum absolute atomic E-state index is 0.244. The van der Waals surface area contributed by atoms with Crippen molar-refractivity contribution < 1.29 is 0 Å². The van der Waals surface area contributed by atoms with Gasteiger partial charge in [0, 0.05) is 5.54 Å². The minimum Gasteiger partial charge on any atom is -0.325 e. The SMILES string of the molecule is CCCCC(CC)CC1(N)CCC1. The van der Waals surface area contributed by atoms with E-state index in [-0.39, 0.29) is 5.54 Å². The van der Waals surface area contributed by atoms with Gasteiger partial charge in [-0.05, 0) is 31.6 Å². The molecule has 1 saturated carbocycles. The summed E-state index contributed by atoms with van der Waals surface area (Å²) in [6.07, 6.45) is 10.6. The van der Waals surface area contributed by atoms with Crippen LogP contribution in [-0.4, -0.2) is 5.54 Å². The van der Waals surface area contributed by atoms with Gasteiger partial charge >= 0.3 is 0 Å². The molecule has 0 aromatic rings.